The number of para-hydroxylation sites is 1. The predicted octanol–water partition coefficient (Wildman–Crippen LogP) is 7.77. The number of aliphatic hydroxyl groups excluding tert-OH is 7. The molecular formula is C108H147N5O34S. The summed E-state index contributed by atoms with van der Waals surface area (Å²) < 4.78 is 76.7. The molecule has 0 saturated heterocycles. The van der Waals surface area contributed by atoms with Crippen LogP contribution in [-0.4, -0.2) is 338 Å². The smallest absolute Gasteiger partial charge is 0.321 e. The van der Waals surface area contributed by atoms with Crippen molar-refractivity contribution < 1.29 is 165 Å². The fraction of sp³-hybridized carbons (Fsp3) is 0.519. The molecule has 814 valence electrons. The van der Waals surface area contributed by atoms with E-state index in [0.717, 1.165) is 52.8 Å². The van der Waals surface area contributed by atoms with Crippen molar-refractivity contribution in [2.75, 3.05) is 156 Å². The van der Waals surface area contributed by atoms with Crippen LogP contribution < -0.4 is 49.5 Å². The first-order valence-corrected chi connectivity index (χ1v) is 50.5. The average Bonchev–Trinajstić information content (AvgIpc) is 0.808. The molecule has 148 heavy (non-hydrogen) atoms. The van der Waals surface area contributed by atoms with Crippen molar-refractivity contribution in [2.45, 2.75) is 197 Å². The van der Waals surface area contributed by atoms with Gasteiger partial charge in [0, 0.05) is 67.0 Å². The van der Waals surface area contributed by atoms with E-state index >= 15 is 0 Å². The summed E-state index contributed by atoms with van der Waals surface area (Å²) >= 11 is 1.17. The van der Waals surface area contributed by atoms with Crippen LogP contribution in [0.5, 0.6) is 40.2 Å². The summed E-state index contributed by atoms with van der Waals surface area (Å²) in [5.41, 5.74) is 9.72. The van der Waals surface area contributed by atoms with Gasteiger partial charge in [-0.2, -0.15) is 11.8 Å². The van der Waals surface area contributed by atoms with Gasteiger partial charge >= 0.3 is 59.7 Å². The fourth-order valence-corrected chi connectivity index (χ4v) is 15.6. The summed E-state index contributed by atoms with van der Waals surface area (Å²) in [7, 11) is 0. The molecule has 0 aliphatic heterocycles. The number of carbonyl (C=O) groups excluding carboxylic acids is 7. The van der Waals surface area contributed by atoms with Gasteiger partial charge < -0.3 is 134 Å². The van der Waals surface area contributed by atoms with Gasteiger partial charge in [-0.15, -0.1) is 0 Å². The van der Waals surface area contributed by atoms with Crippen LogP contribution in [0.4, 0.5) is 0 Å². The molecule has 11 unspecified atom stereocenters. The minimum absolute atomic E-state index is 0.0442. The van der Waals surface area contributed by atoms with Crippen LogP contribution in [0.1, 0.15) is 153 Å². The molecule has 14 N–H and O–H groups in total. The van der Waals surface area contributed by atoms with Crippen LogP contribution in [0, 0.1) is 5.92 Å². The number of carboxylic acid groups (broad SMARTS) is 3. The van der Waals surface area contributed by atoms with Gasteiger partial charge in [-0.3, -0.25) is 57.7 Å². The van der Waals surface area contributed by atoms with Crippen LogP contribution in [-0.2, 0) is 97.3 Å². The number of aliphatic hydroxyl groups is 7. The lowest BCUT2D eigenvalue weighted by Gasteiger charge is -2.26. The Bertz CT molecular complexity index is 5120. The van der Waals surface area contributed by atoms with E-state index in [-0.39, 0.29) is 162 Å². The number of ether oxygens (including phenoxy) is 14. The van der Waals surface area contributed by atoms with Gasteiger partial charge in [-0.05, 0) is 164 Å². The molecule has 0 heterocycles. The van der Waals surface area contributed by atoms with E-state index in [2.05, 4.69) is 31.4 Å². The second-order valence-electron chi connectivity index (χ2n) is 37.4. The number of nitrogens with one attached hydrogen (secondary N) is 2. The van der Waals surface area contributed by atoms with Gasteiger partial charge in [0.05, 0.1) is 44.9 Å². The Kier molecular flexibility index (Phi) is 53.7. The van der Waals surface area contributed by atoms with Crippen molar-refractivity contribution in [1.82, 2.24) is 20.4 Å². The maximum atomic E-state index is 12.8. The molecule has 0 aliphatic carbocycles. The number of hydrogen-bond donors (Lipinski definition) is 13. The highest BCUT2D eigenvalue weighted by atomic mass is 32.2. The number of carbonyl (C=O) groups is 10. The standard InChI is InChI=1S/C108H147N5O34S/c1-72(14-13-48-109)56-110-49-41-96(121)141-64-82(115)58-135-89-29-17-75(18-30-89)106(4,5)77-21-33-91(34-22-77)137-61-85(118)68-145-100(125)45-53-113(74(3)104(130)131)54-46-101(126)146-69-86(119)62-139-93-37-25-79(26-38-93)108(8,9)80-27-39-94(40-28-80)140-63-87(120)70-147-102(127)47-55-148-71-95(105(132)133)111-50-42-97(122)142-65-83(116)59-136-90-31-19-76(20-32-90)107(6,7)78-23-35-92(36-24-78)138-60-84(117)67-144-99(124)44-52-112(73(2)103(128)129)51-43-98(123)143-66-81(114)57-134-88-15-11-10-12-16-88/h10-12,15-40,72-74,81-87,95,110-111,114-120H,13-14,41-71,109H2,1-9H3,(H,128,129)(H,130,131)(H,132,133). The highest BCUT2D eigenvalue weighted by Crippen LogP contribution is 2.37. The summed E-state index contributed by atoms with van der Waals surface area (Å²) in [6.07, 6.45) is -7.20. The zero-order valence-electron chi connectivity index (χ0n) is 85.6. The molecule has 40 heteroatoms. The van der Waals surface area contributed by atoms with E-state index in [0.29, 0.717) is 59.3 Å². The number of hydrogen-bond acceptors (Lipinski definition) is 37. The summed E-state index contributed by atoms with van der Waals surface area (Å²) in [5, 5.41) is 109. The van der Waals surface area contributed by atoms with E-state index in [1.165, 1.54) is 35.4 Å². The van der Waals surface area contributed by atoms with Crippen molar-refractivity contribution in [3.05, 3.63) is 209 Å². The third-order valence-electron chi connectivity index (χ3n) is 24.2. The number of nitrogens with zero attached hydrogens (tertiary/aromatic N) is 2. The third kappa shape index (κ3) is 46.2. The minimum atomic E-state index is -1.22. The van der Waals surface area contributed by atoms with E-state index in [4.69, 9.17) is 72.0 Å². The molecule has 39 nitrogen and oxygen atoms in total. The van der Waals surface area contributed by atoms with Crippen LogP contribution in [0.25, 0.3) is 0 Å². The summed E-state index contributed by atoms with van der Waals surface area (Å²) in [5.74, 6) is -4.14. The van der Waals surface area contributed by atoms with Gasteiger partial charge in [0.25, 0.3) is 0 Å². The Morgan fingerprint density at radius 2 is 0.554 bits per heavy atom. The van der Waals surface area contributed by atoms with Crippen LogP contribution >= 0.6 is 11.8 Å². The van der Waals surface area contributed by atoms with Gasteiger partial charge in [0.1, 0.15) is 194 Å². The van der Waals surface area contributed by atoms with Crippen molar-refractivity contribution in [3.8, 4) is 40.2 Å². The average molecular weight is 2090 g/mol. The Morgan fingerprint density at radius 1 is 0.318 bits per heavy atom. The number of rotatable bonds is 75. The van der Waals surface area contributed by atoms with E-state index in [1.807, 2.05) is 107 Å². The van der Waals surface area contributed by atoms with Gasteiger partial charge in [0.2, 0.25) is 0 Å². The molecule has 0 radical (unpaired) electrons. The molecule has 0 aromatic heterocycles. The summed E-state index contributed by atoms with van der Waals surface area (Å²) in [4.78, 5) is 127. The number of benzene rings is 7. The van der Waals surface area contributed by atoms with E-state index in [9.17, 15) is 99.0 Å². The minimum Gasteiger partial charge on any atom is -0.491 e. The quantitative estimate of drug-likeness (QED) is 0.00983. The molecule has 0 bridgehead atoms. The van der Waals surface area contributed by atoms with E-state index in [1.54, 1.807) is 97.1 Å². The largest absolute Gasteiger partial charge is 0.491 e. The van der Waals surface area contributed by atoms with Gasteiger partial charge in [-0.25, -0.2) is 0 Å². The van der Waals surface area contributed by atoms with Gasteiger partial charge in [-0.1, -0.05) is 139 Å². The molecule has 7 aromatic rings. The lowest BCUT2D eigenvalue weighted by molar-refractivity contribution is -0.151. The number of esters is 7. The first-order valence-electron chi connectivity index (χ1n) is 49.4. The van der Waals surface area contributed by atoms with Crippen molar-refractivity contribution in [2.24, 2.45) is 11.7 Å². The number of thioether (sulfide) groups is 1. The first kappa shape index (κ1) is 123. The summed E-state index contributed by atoms with van der Waals surface area (Å²) in [6.45, 7) is 14.9. The topological polar surface area (TPSA) is 559 Å². The Balaban J connectivity index is 0.682. The van der Waals surface area contributed by atoms with Crippen LogP contribution in [0.3, 0.4) is 0 Å². The molecule has 11 atom stereocenters. The van der Waals surface area contributed by atoms with Crippen molar-refractivity contribution in [1.29, 1.82) is 0 Å². The second-order valence-corrected chi connectivity index (χ2v) is 38.5. The monoisotopic (exact) mass is 2090 g/mol. The molecule has 7 aromatic carbocycles. The third-order valence-corrected chi connectivity index (χ3v) is 25.3. The number of carboxylic acids is 3. The normalized spacial score (nSPS) is 13.9. The summed E-state index contributed by atoms with van der Waals surface area (Å²) in [6, 6.07) is 49.1. The Labute approximate surface area is 867 Å². The molecule has 0 amide bonds. The zero-order valence-corrected chi connectivity index (χ0v) is 86.4. The second kappa shape index (κ2) is 64.9. The Morgan fingerprint density at radius 3 is 0.797 bits per heavy atom. The predicted molar refractivity (Wildman–Crippen MR) is 545 cm³/mol. The lowest BCUT2D eigenvalue weighted by Crippen LogP contribution is -2.41. The Hall–Kier alpha value is -12.3. The zero-order chi connectivity index (χ0) is 108. The molecule has 0 fully saturated rings. The number of aliphatic carboxylic acids is 3. The van der Waals surface area contributed by atoms with Crippen LogP contribution in [0.2, 0.25) is 0 Å². The molecular weight excluding hydrogens is 1940 g/mol. The van der Waals surface area contributed by atoms with Crippen LogP contribution in [0.15, 0.2) is 176 Å². The molecule has 7 rings (SSSR count). The van der Waals surface area contributed by atoms with Crippen molar-refractivity contribution in [3.63, 3.8) is 0 Å². The highest BCUT2D eigenvalue weighted by molar-refractivity contribution is 7.99. The lowest BCUT2D eigenvalue weighted by atomic mass is 9.78. The highest BCUT2D eigenvalue weighted by Gasteiger charge is 2.31. The molecule has 0 saturated carbocycles. The SMILES string of the molecule is CC(CCCN)CNCCC(=O)OCC(O)COc1ccc(C(C)(C)c2ccc(OCC(O)COC(=O)CCN(CCC(=O)OCC(O)COc3ccc(C(C)(C)c4ccc(OCC(O)COC(=O)CCSCC(NCCC(=O)OCC(O)COc5ccc(C(C)(C)c6ccc(OCC(O)COC(=O)CCN(CCC(=O)OCC(O)COc7ccccc7)C(C)C(=O)O)cc6)cc5)C(=O)O)cc4)cc3)C(C)C(=O)O)cc2)cc1. The maximum Gasteiger partial charge on any atom is 0.321 e. The maximum absolute atomic E-state index is 12.8. The molecule has 0 aliphatic rings. The van der Waals surface area contributed by atoms with Gasteiger partial charge in [0.15, 0.2) is 0 Å². The number of nitrogens with two attached hydrogens (primary N) is 1. The van der Waals surface area contributed by atoms with Crippen molar-refractivity contribution >= 4 is 71.5 Å². The fourth-order valence-electron chi connectivity index (χ4n) is 14.6. The van der Waals surface area contributed by atoms with E-state index < -0.39 is 157 Å². The molecule has 0 spiro atoms. The first-order chi connectivity index (χ1) is 70.6.